The molecule has 1 fully saturated rings. The van der Waals surface area contributed by atoms with Gasteiger partial charge in [0.15, 0.2) is 12.2 Å². The molecule has 2 heterocycles. The lowest BCUT2D eigenvalue weighted by Crippen LogP contribution is -2.65. The van der Waals surface area contributed by atoms with Gasteiger partial charge in [0.25, 0.3) is 0 Å². The van der Waals surface area contributed by atoms with Gasteiger partial charge in [-0.2, -0.15) is 26.3 Å². The molecule has 260 valence electrons. The number of aromatic nitrogens is 1. The zero-order valence-corrected chi connectivity index (χ0v) is 26.5. The first-order valence-corrected chi connectivity index (χ1v) is 15.3. The molecule has 0 spiro atoms. The van der Waals surface area contributed by atoms with E-state index in [4.69, 9.17) is 13.9 Å². The number of rotatable bonds is 9. The van der Waals surface area contributed by atoms with Crippen LogP contribution >= 0.6 is 0 Å². The number of carbonyl (C=O) groups is 2. The number of halogens is 6. The number of hydrogen-bond acceptors (Lipinski definition) is 6. The number of oxazole rings is 1. The number of piperidine rings is 1. The normalized spacial score (nSPS) is 20.4. The van der Waals surface area contributed by atoms with E-state index in [0.29, 0.717) is 23.3 Å². The number of carbonyl (C=O) groups excluding carboxylic acids is 2. The predicted octanol–water partition coefficient (Wildman–Crippen LogP) is 8.15. The Bertz CT molecular complexity index is 1700. The number of ether oxygens (including phenoxy) is 2. The van der Waals surface area contributed by atoms with Gasteiger partial charge in [0.1, 0.15) is 12.1 Å². The Labute approximate surface area is 278 Å². The van der Waals surface area contributed by atoms with Gasteiger partial charge in [-0.3, -0.25) is 9.69 Å². The fraction of sp³-hybridized carbons (Fsp3) is 0.343. The molecular weight excluding hydrogens is 656 g/mol. The fourth-order valence-corrected chi connectivity index (χ4v) is 6.10. The topological polar surface area (TPSA) is 93.9 Å². The van der Waals surface area contributed by atoms with Crippen LogP contribution in [0.5, 0.6) is 0 Å². The Kier molecular flexibility index (Phi) is 10.1. The van der Waals surface area contributed by atoms with Gasteiger partial charge in [0.05, 0.1) is 42.1 Å². The van der Waals surface area contributed by atoms with Gasteiger partial charge in [0.2, 0.25) is 5.91 Å². The second kappa shape index (κ2) is 13.9. The average Bonchev–Trinajstić information content (AvgIpc) is 3.62. The molecule has 0 bridgehead atoms. The molecule has 1 aliphatic heterocycles. The first-order valence-electron chi connectivity index (χ1n) is 15.3. The Morgan fingerprint density at radius 2 is 1.55 bits per heavy atom. The van der Waals surface area contributed by atoms with Crippen molar-refractivity contribution in [2.45, 2.75) is 62.8 Å². The molecule has 1 aliphatic rings. The summed E-state index contributed by atoms with van der Waals surface area (Å²) in [6, 6.07) is 18.8. The molecule has 8 nitrogen and oxygen atoms in total. The van der Waals surface area contributed by atoms with Crippen molar-refractivity contribution >= 4 is 12.0 Å². The van der Waals surface area contributed by atoms with E-state index < -0.39 is 52.7 Å². The van der Waals surface area contributed by atoms with Crippen LogP contribution in [0.3, 0.4) is 0 Å². The van der Waals surface area contributed by atoms with Crippen molar-refractivity contribution in [2.24, 2.45) is 0 Å². The van der Waals surface area contributed by atoms with Crippen molar-refractivity contribution in [3.8, 4) is 0 Å². The van der Waals surface area contributed by atoms with Crippen LogP contribution in [-0.4, -0.2) is 35.0 Å². The lowest BCUT2D eigenvalue weighted by atomic mass is 9.73. The number of amides is 2. The summed E-state index contributed by atoms with van der Waals surface area (Å²) in [5, 5.41) is 2.90. The standard InChI is InChI=1S/C35H33F6N3O5/c1-23(26-15-28(34(36,37)38)17-29(16-26)35(39,40)41)48-21-33(27-11-7-4-8-12-27)14-13-32(43-24(2)45,30-18-42-22-49-30)20-44(33)31(46)47-19-25-9-5-3-6-10-25/h3-12,15-18,22-23H,13-14,19-21H2,1-2H3,(H,43,45)/t23-,32?,33-/m1/s1. The van der Waals surface area contributed by atoms with E-state index in [1.807, 2.05) is 0 Å². The summed E-state index contributed by atoms with van der Waals surface area (Å²) in [4.78, 5) is 32.0. The van der Waals surface area contributed by atoms with Crippen LogP contribution in [0.1, 0.15) is 66.4 Å². The molecular formula is C35H33F6N3O5. The van der Waals surface area contributed by atoms with Crippen LogP contribution < -0.4 is 5.32 Å². The number of alkyl halides is 6. The molecule has 3 atom stereocenters. The molecule has 4 aromatic rings. The molecule has 14 heteroatoms. The lowest BCUT2D eigenvalue weighted by Gasteiger charge is -2.52. The van der Waals surface area contributed by atoms with E-state index in [2.05, 4.69) is 10.3 Å². The highest BCUT2D eigenvalue weighted by Gasteiger charge is 2.54. The Morgan fingerprint density at radius 1 is 0.939 bits per heavy atom. The fourth-order valence-electron chi connectivity index (χ4n) is 6.10. The lowest BCUT2D eigenvalue weighted by molar-refractivity contribution is -0.143. The number of likely N-dealkylation sites (tertiary alicyclic amines) is 1. The monoisotopic (exact) mass is 689 g/mol. The Hall–Kier alpha value is -4.85. The first-order chi connectivity index (χ1) is 23.1. The number of nitrogens with one attached hydrogen (secondary N) is 1. The highest BCUT2D eigenvalue weighted by Crippen LogP contribution is 2.46. The molecule has 1 unspecified atom stereocenters. The summed E-state index contributed by atoms with van der Waals surface area (Å²) in [6.45, 7) is 1.97. The average molecular weight is 690 g/mol. The summed E-state index contributed by atoms with van der Waals surface area (Å²) in [7, 11) is 0. The zero-order chi connectivity index (χ0) is 35.5. The molecule has 0 radical (unpaired) electrons. The van der Waals surface area contributed by atoms with Crippen LogP contribution in [0.15, 0.2) is 95.9 Å². The smallest absolute Gasteiger partial charge is 0.416 e. The predicted molar refractivity (Wildman–Crippen MR) is 163 cm³/mol. The Morgan fingerprint density at radius 3 is 2.10 bits per heavy atom. The van der Waals surface area contributed by atoms with Gasteiger partial charge >= 0.3 is 18.4 Å². The van der Waals surface area contributed by atoms with Gasteiger partial charge in [-0.1, -0.05) is 60.7 Å². The van der Waals surface area contributed by atoms with E-state index >= 15 is 0 Å². The largest absolute Gasteiger partial charge is 0.446 e. The third-order valence-corrected chi connectivity index (χ3v) is 8.62. The van der Waals surface area contributed by atoms with Crippen LogP contribution in [-0.2, 0) is 44.3 Å². The van der Waals surface area contributed by atoms with Crippen LogP contribution in [0.25, 0.3) is 0 Å². The molecule has 49 heavy (non-hydrogen) atoms. The number of hydrogen-bond donors (Lipinski definition) is 1. The van der Waals surface area contributed by atoms with E-state index in [0.717, 1.165) is 0 Å². The Balaban J connectivity index is 1.56. The second-order valence-corrected chi connectivity index (χ2v) is 11.9. The van der Waals surface area contributed by atoms with Crippen LogP contribution in [0.2, 0.25) is 0 Å². The van der Waals surface area contributed by atoms with Gasteiger partial charge in [0, 0.05) is 6.92 Å². The minimum absolute atomic E-state index is 0.0540. The van der Waals surface area contributed by atoms with E-state index in [1.54, 1.807) is 60.7 Å². The third kappa shape index (κ3) is 7.90. The highest BCUT2D eigenvalue weighted by atomic mass is 19.4. The zero-order valence-electron chi connectivity index (χ0n) is 26.5. The van der Waals surface area contributed by atoms with Gasteiger partial charge < -0.3 is 19.2 Å². The van der Waals surface area contributed by atoms with Gasteiger partial charge in [-0.05, 0) is 54.7 Å². The first kappa shape index (κ1) is 35.5. The van der Waals surface area contributed by atoms with Crippen molar-refractivity contribution < 1.29 is 49.8 Å². The maximum atomic E-state index is 14.2. The molecule has 1 aromatic heterocycles. The summed E-state index contributed by atoms with van der Waals surface area (Å²) in [5.74, 6) is -0.153. The van der Waals surface area contributed by atoms with Crippen molar-refractivity contribution in [2.75, 3.05) is 13.2 Å². The molecule has 2 amide bonds. The molecule has 0 saturated carbocycles. The van der Waals surface area contributed by atoms with Gasteiger partial charge in [-0.25, -0.2) is 9.78 Å². The minimum atomic E-state index is -5.04. The number of nitrogens with zero attached hydrogens (tertiary/aromatic N) is 2. The van der Waals surface area contributed by atoms with Crippen molar-refractivity contribution in [1.29, 1.82) is 0 Å². The summed E-state index contributed by atoms with van der Waals surface area (Å²) in [6.07, 6.45) is -9.29. The summed E-state index contributed by atoms with van der Waals surface area (Å²) < 4.78 is 99.5. The summed E-state index contributed by atoms with van der Waals surface area (Å²) in [5.41, 5.74) is -4.67. The number of benzene rings is 3. The van der Waals surface area contributed by atoms with Crippen molar-refractivity contribution in [3.63, 3.8) is 0 Å². The molecule has 3 aromatic carbocycles. The maximum Gasteiger partial charge on any atom is 0.416 e. The van der Waals surface area contributed by atoms with E-state index in [9.17, 15) is 35.9 Å². The molecule has 5 rings (SSSR count). The summed E-state index contributed by atoms with van der Waals surface area (Å²) >= 11 is 0. The van der Waals surface area contributed by atoms with Crippen molar-refractivity contribution in [3.05, 3.63) is 125 Å². The molecule has 0 aliphatic carbocycles. The third-order valence-electron chi connectivity index (χ3n) is 8.62. The quantitative estimate of drug-likeness (QED) is 0.178. The SMILES string of the molecule is CC(=O)NC1(c2cnco2)CC[C@@](CO[C@H](C)c2cc(C(F)(F)F)cc(C(F)(F)F)c2)(c2ccccc2)N(C(=O)OCc2ccccc2)C1. The second-order valence-electron chi connectivity index (χ2n) is 11.9. The van der Waals surface area contributed by atoms with Crippen molar-refractivity contribution in [1.82, 2.24) is 15.2 Å². The van der Waals surface area contributed by atoms with E-state index in [-0.39, 0.29) is 50.0 Å². The maximum absolute atomic E-state index is 14.2. The van der Waals surface area contributed by atoms with Crippen LogP contribution in [0.4, 0.5) is 31.1 Å². The van der Waals surface area contributed by atoms with Crippen LogP contribution in [0, 0.1) is 0 Å². The molecule has 1 N–H and O–H groups in total. The van der Waals surface area contributed by atoms with Gasteiger partial charge in [-0.15, -0.1) is 0 Å². The highest BCUT2D eigenvalue weighted by molar-refractivity contribution is 5.75. The minimum Gasteiger partial charge on any atom is -0.446 e. The van der Waals surface area contributed by atoms with E-state index in [1.165, 1.54) is 31.3 Å². The molecule has 1 saturated heterocycles.